The number of ether oxygens (including phenoxy) is 3. The minimum Gasteiger partial charge on any atom is -0.507 e. The first-order chi connectivity index (χ1) is 16.3. The van der Waals surface area contributed by atoms with Crippen LogP contribution in [0.25, 0.3) is 10.8 Å². The summed E-state index contributed by atoms with van der Waals surface area (Å²) >= 11 is 0. The van der Waals surface area contributed by atoms with E-state index in [0.717, 1.165) is 6.08 Å². The Kier molecular flexibility index (Phi) is 6.29. The van der Waals surface area contributed by atoms with Crippen molar-refractivity contribution in [2.45, 2.75) is 20.0 Å². The number of nitrogens with one attached hydrogen (secondary N) is 2. The molecule has 4 N–H and O–H groups in total. The standard InChI is InChI=1S/C25H24N2O7/c1-25(2,12-11-22(29)27-31)23(18-8-9-19(28)17-6-4-3-5-16(17)18)34-24(30)26-15-7-10-20-21(13-15)33-14-32-20/h3-13,23,28,31H,14H2,1-2H3,(H,26,30)(H,27,29)/b12-11+/t23-/m0/s1. The van der Waals surface area contributed by atoms with Gasteiger partial charge in [-0.15, -0.1) is 0 Å². The summed E-state index contributed by atoms with van der Waals surface area (Å²) in [5, 5.41) is 23.1. The highest BCUT2D eigenvalue weighted by molar-refractivity contribution is 5.92. The van der Waals surface area contributed by atoms with Crippen molar-refractivity contribution in [2.75, 3.05) is 12.1 Å². The molecule has 0 saturated heterocycles. The van der Waals surface area contributed by atoms with Gasteiger partial charge < -0.3 is 19.3 Å². The molecule has 9 nitrogen and oxygen atoms in total. The van der Waals surface area contributed by atoms with Crippen molar-refractivity contribution in [2.24, 2.45) is 5.41 Å². The number of carbonyl (C=O) groups is 2. The van der Waals surface area contributed by atoms with Gasteiger partial charge in [-0.1, -0.05) is 50.3 Å². The normalized spacial score (nSPS) is 13.6. The summed E-state index contributed by atoms with van der Waals surface area (Å²) in [7, 11) is 0. The van der Waals surface area contributed by atoms with Crippen LogP contribution in [0.5, 0.6) is 17.2 Å². The fourth-order valence-electron chi connectivity index (χ4n) is 3.80. The number of phenolic OH excluding ortho intramolecular Hbond substituents is 1. The SMILES string of the molecule is CC(C)(/C=C/C(=O)NO)[C@@H](OC(=O)Nc1ccc2c(c1)OCO2)c1ccc(O)c2ccccc12. The van der Waals surface area contributed by atoms with Crippen LogP contribution < -0.4 is 20.3 Å². The van der Waals surface area contributed by atoms with Crippen LogP contribution in [0.1, 0.15) is 25.5 Å². The molecule has 0 saturated carbocycles. The number of fused-ring (bicyclic) bond motifs is 2. The van der Waals surface area contributed by atoms with Crippen LogP contribution in [0, 0.1) is 5.41 Å². The van der Waals surface area contributed by atoms with E-state index < -0.39 is 23.5 Å². The van der Waals surface area contributed by atoms with Gasteiger partial charge in [0, 0.05) is 34.2 Å². The average molecular weight is 464 g/mol. The lowest BCUT2D eigenvalue weighted by Gasteiger charge is -2.32. The topological polar surface area (TPSA) is 126 Å². The first-order valence-electron chi connectivity index (χ1n) is 10.5. The Morgan fingerprint density at radius 3 is 2.56 bits per heavy atom. The Balaban J connectivity index is 1.68. The molecule has 0 spiro atoms. The van der Waals surface area contributed by atoms with E-state index in [2.05, 4.69) is 5.32 Å². The van der Waals surface area contributed by atoms with Crippen molar-refractivity contribution in [1.29, 1.82) is 0 Å². The maximum Gasteiger partial charge on any atom is 0.412 e. The number of phenols is 1. The van der Waals surface area contributed by atoms with Crippen LogP contribution in [0.2, 0.25) is 0 Å². The summed E-state index contributed by atoms with van der Waals surface area (Å²) in [4.78, 5) is 24.6. The van der Waals surface area contributed by atoms with Crippen molar-refractivity contribution in [1.82, 2.24) is 5.48 Å². The van der Waals surface area contributed by atoms with Crippen molar-refractivity contribution in [3.05, 3.63) is 72.3 Å². The van der Waals surface area contributed by atoms with E-state index >= 15 is 0 Å². The second-order valence-corrected chi connectivity index (χ2v) is 8.33. The number of hydroxylamine groups is 1. The molecule has 0 fully saturated rings. The van der Waals surface area contributed by atoms with Crippen molar-refractivity contribution in [3.63, 3.8) is 0 Å². The molecule has 3 aromatic carbocycles. The van der Waals surface area contributed by atoms with E-state index in [4.69, 9.17) is 19.4 Å². The number of benzene rings is 3. The Morgan fingerprint density at radius 2 is 1.79 bits per heavy atom. The molecule has 9 heteroatoms. The largest absolute Gasteiger partial charge is 0.507 e. The van der Waals surface area contributed by atoms with Crippen molar-refractivity contribution >= 4 is 28.5 Å². The molecule has 176 valence electrons. The fourth-order valence-corrected chi connectivity index (χ4v) is 3.80. The fraction of sp³-hybridized carbons (Fsp3) is 0.200. The zero-order valence-electron chi connectivity index (χ0n) is 18.6. The van der Waals surface area contributed by atoms with Gasteiger partial charge in [-0.3, -0.25) is 15.3 Å². The molecule has 1 heterocycles. The van der Waals surface area contributed by atoms with Crippen LogP contribution in [-0.2, 0) is 9.53 Å². The van der Waals surface area contributed by atoms with E-state index in [1.165, 1.54) is 6.07 Å². The van der Waals surface area contributed by atoms with Gasteiger partial charge in [0.1, 0.15) is 11.9 Å². The lowest BCUT2D eigenvalue weighted by molar-refractivity contribution is -0.124. The van der Waals surface area contributed by atoms with Gasteiger partial charge in [-0.05, 0) is 23.6 Å². The molecule has 0 aliphatic carbocycles. The van der Waals surface area contributed by atoms with Gasteiger partial charge in [0.15, 0.2) is 11.5 Å². The molecule has 2 amide bonds. The van der Waals surface area contributed by atoms with Gasteiger partial charge >= 0.3 is 6.09 Å². The predicted octanol–water partition coefficient (Wildman–Crippen LogP) is 4.65. The summed E-state index contributed by atoms with van der Waals surface area (Å²) in [6.07, 6.45) is 1.11. The Hall–Kier alpha value is -4.24. The molecule has 0 unspecified atom stereocenters. The zero-order chi connectivity index (χ0) is 24.3. The Labute approximate surface area is 195 Å². The second kappa shape index (κ2) is 9.32. The quantitative estimate of drug-likeness (QED) is 0.238. The molecule has 0 bridgehead atoms. The maximum atomic E-state index is 12.9. The number of aromatic hydroxyl groups is 1. The minimum absolute atomic E-state index is 0.0934. The highest BCUT2D eigenvalue weighted by Crippen LogP contribution is 2.43. The highest BCUT2D eigenvalue weighted by atomic mass is 16.7. The van der Waals surface area contributed by atoms with Crippen LogP contribution in [0.4, 0.5) is 10.5 Å². The van der Waals surface area contributed by atoms with E-state index in [9.17, 15) is 14.7 Å². The minimum atomic E-state index is -0.890. The zero-order valence-corrected chi connectivity index (χ0v) is 18.6. The van der Waals surface area contributed by atoms with Crippen LogP contribution in [0.3, 0.4) is 0 Å². The summed E-state index contributed by atoms with van der Waals surface area (Å²) in [5.41, 5.74) is 1.74. The molecular weight excluding hydrogens is 440 g/mol. The third kappa shape index (κ3) is 4.74. The van der Waals surface area contributed by atoms with Gasteiger partial charge in [0.2, 0.25) is 6.79 Å². The van der Waals surface area contributed by atoms with Crippen LogP contribution >= 0.6 is 0 Å². The highest BCUT2D eigenvalue weighted by Gasteiger charge is 2.34. The van der Waals surface area contributed by atoms with E-state index in [-0.39, 0.29) is 12.5 Å². The summed E-state index contributed by atoms with van der Waals surface area (Å²) in [6.45, 7) is 3.68. The predicted molar refractivity (Wildman–Crippen MR) is 124 cm³/mol. The third-order valence-electron chi connectivity index (χ3n) is 5.51. The lowest BCUT2D eigenvalue weighted by atomic mass is 9.80. The summed E-state index contributed by atoms with van der Waals surface area (Å²) in [6, 6.07) is 15.4. The molecule has 3 aromatic rings. The van der Waals surface area contributed by atoms with Gasteiger partial charge in [-0.25, -0.2) is 10.3 Å². The molecule has 1 aliphatic heterocycles. The first kappa shape index (κ1) is 22.9. The number of amides is 2. The molecule has 1 atom stereocenters. The Morgan fingerprint density at radius 1 is 1.06 bits per heavy atom. The molecular formula is C25H24N2O7. The first-order valence-corrected chi connectivity index (χ1v) is 10.5. The van der Waals surface area contributed by atoms with E-state index in [0.29, 0.717) is 33.5 Å². The molecule has 0 radical (unpaired) electrons. The number of carbonyl (C=O) groups excluding carboxylic acids is 2. The molecule has 1 aliphatic rings. The number of anilines is 1. The van der Waals surface area contributed by atoms with Crippen LogP contribution in [0.15, 0.2) is 66.7 Å². The molecule has 34 heavy (non-hydrogen) atoms. The smallest absolute Gasteiger partial charge is 0.412 e. The summed E-state index contributed by atoms with van der Waals surface area (Å²) < 4.78 is 16.5. The van der Waals surface area contributed by atoms with Crippen molar-refractivity contribution < 1.29 is 34.1 Å². The third-order valence-corrected chi connectivity index (χ3v) is 5.51. The van der Waals surface area contributed by atoms with Crippen LogP contribution in [-0.4, -0.2) is 29.1 Å². The van der Waals surface area contributed by atoms with E-state index in [1.807, 2.05) is 12.1 Å². The number of hydrogen-bond donors (Lipinski definition) is 4. The average Bonchev–Trinajstić information content (AvgIpc) is 3.30. The van der Waals surface area contributed by atoms with Crippen molar-refractivity contribution in [3.8, 4) is 17.2 Å². The van der Waals surface area contributed by atoms with E-state index in [1.54, 1.807) is 61.8 Å². The van der Waals surface area contributed by atoms with Gasteiger partial charge in [0.25, 0.3) is 5.91 Å². The lowest BCUT2D eigenvalue weighted by Crippen LogP contribution is -2.28. The number of hydrogen-bond acceptors (Lipinski definition) is 7. The summed E-state index contributed by atoms with van der Waals surface area (Å²) in [5.74, 6) is 0.473. The molecule has 0 aromatic heterocycles. The monoisotopic (exact) mass is 464 g/mol. The Bertz CT molecular complexity index is 1270. The maximum absolute atomic E-state index is 12.9. The van der Waals surface area contributed by atoms with Gasteiger partial charge in [-0.2, -0.15) is 0 Å². The number of rotatable bonds is 6. The van der Waals surface area contributed by atoms with Gasteiger partial charge in [0.05, 0.1) is 0 Å². The molecule has 4 rings (SSSR count). The second-order valence-electron chi connectivity index (χ2n) is 8.33.